The van der Waals surface area contributed by atoms with E-state index in [1.807, 2.05) is 55.5 Å². The summed E-state index contributed by atoms with van der Waals surface area (Å²) in [7, 11) is 0. The van der Waals surface area contributed by atoms with Gasteiger partial charge in [-0.2, -0.15) is 0 Å². The molecule has 0 aromatic heterocycles. The minimum atomic E-state index is -0.962. The first-order chi connectivity index (χ1) is 24.6. The number of benzene rings is 4. The highest BCUT2D eigenvalue weighted by Crippen LogP contribution is 2.26. The number of ether oxygens (including phenoxy) is 4. The molecule has 0 saturated carbocycles. The molecule has 0 spiro atoms. The first kappa shape index (κ1) is 38.6. The number of carbonyl (C=O) groups is 2. The monoisotopic (exact) mass is 692 g/mol. The average molecular weight is 693 g/mol. The van der Waals surface area contributed by atoms with E-state index in [-0.39, 0.29) is 0 Å². The first-order valence-corrected chi connectivity index (χ1v) is 17.3. The normalized spacial score (nSPS) is 13.0. The third-order valence-electron chi connectivity index (χ3n) is 8.64. The maximum Gasteiger partial charge on any atom is 0.333 e. The zero-order valence-corrected chi connectivity index (χ0v) is 30.1. The molecule has 2 unspecified atom stereocenters. The summed E-state index contributed by atoms with van der Waals surface area (Å²) >= 11 is 0. The molecular formula is C43H48O8. The van der Waals surface area contributed by atoms with Gasteiger partial charge in [0.25, 0.3) is 0 Å². The Labute approximate surface area is 301 Å². The van der Waals surface area contributed by atoms with E-state index in [0.29, 0.717) is 39.3 Å². The van der Waals surface area contributed by atoms with Gasteiger partial charge < -0.3 is 29.2 Å². The predicted octanol–water partition coefficient (Wildman–Crippen LogP) is 8.69. The van der Waals surface area contributed by atoms with Crippen LogP contribution in [0.4, 0.5) is 0 Å². The summed E-state index contributed by atoms with van der Waals surface area (Å²) < 4.78 is 22.5. The van der Waals surface area contributed by atoms with Crippen molar-refractivity contribution in [2.24, 2.45) is 0 Å². The fourth-order valence-corrected chi connectivity index (χ4v) is 5.57. The summed E-state index contributed by atoms with van der Waals surface area (Å²) in [4.78, 5) is 22.8. The van der Waals surface area contributed by atoms with Gasteiger partial charge in [-0.1, -0.05) is 66.7 Å². The van der Waals surface area contributed by atoms with Crippen LogP contribution in [-0.2, 0) is 31.9 Å². The van der Waals surface area contributed by atoms with E-state index < -0.39 is 24.1 Å². The van der Waals surface area contributed by atoms with Gasteiger partial charge in [0.2, 0.25) is 0 Å². The van der Waals surface area contributed by atoms with Gasteiger partial charge >= 0.3 is 11.9 Å². The molecule has 4 aromatic rings. The molecule has 0 heterocycles. The van der Waals surface area contributed by atoms with Gasteiger partial charge in [-0.05, 0) is 121 Å². The van der Waals surface area contributed by atoms with Gasteiger partial charge in [0.1, 0.15) is 24.7 Å². The van der Waals surface area contributed by atoms with E-state index in [2.05, 4.69) is 68.5 Å². The van der Waals surface area contributed by atoms with Crippen LogP contribution in [0.1, 0.15) is 55.5 Å². The first-order valence-electron chi connectivity index (χ1n) is 17.3. The molecule has 51 heavy (non-hydrogen) atoms. The Morgan fingerprint density at radius 3 is 1.53 bits per heavy atom. The molecule has 0 aliphatic rings. The molecule has 0 saturated heterocycles. The third-order valence-corrected chi connectivity index (χ3v) is 8.64. The second-order valence-corrected chi connectivity index (χ2v) is 12.3. The van der Waals surface area contributed by atoms with Crippen LogP contribution in [0, 0.1) is 6.92 Å². The molecule has 268 valence electrons. The van der Waals surface area contributed by atoms with Gasteiger partial charge in [0, 0.05) is 26.1 Å². The lowest BCUT2D eigenvalue weighted by atomic mass is 9.98. The zero-order valence-electron chi connectivity index (χ0n) is 30.1. The average Bonchev–Trinajstić information content (AvgIpc) is 3.12. The lowest BCUT2D eigenvalue weighted by Gasteiger charge is -2.15. The Morgan fingerprint density at radius 1 is 0.627 bits per heavy atom. The second kappa shape index (κ2) is 19.3. The molecule has 0 fully saturated rings. The molecule has 4 aromatic carbocycles. The summed E-state index contributed by atoms with van der Waals surface area (Å²) in [5, 5.41) is 18.7. The molecule has 0 aliphatic heterocycles. The summed E-state index contributed by atoms with van der Waals surface area (Å²) in [5.41, 5.74) is 9.48. The molecule has 2 N–H and O–H groups in total. The molecule has 4 rings (SSSR count). The number of allylic oxidation sites excluding steroid dienone is 2. The maximum atomic E-state index is 11.5. The van der Waals surface area contributed by atoms with Crippen molar-refractivity contribution in [2.45, 2.75) is 59.7 Å². The Kier molecular flexibility index (Phi) is 14.6. The Morgan fingerprint density at radius 2 is 1.08 bits per heavy atom. The molecular weight excluding hydrogens is 644 g/mol. The molecule has 0 aliphatic carbocycles. The number of aliphatic carboxylic acids is 2. The largest absolute Gasteiger partial charge is 0.490 e. The standard InChI is InChI=1S/C43H48O8/c1-6-48-40(42(44)45)27-32-8-19-38(20-9-32)50-24-22-29(3)33-10-14-35(15-11-33)36-16-12-34(13-17-36)30(4)23-25-51-39-21-18-37(31(5)26-39)28-41(43(46)47)49-7-2/h8-23,26,40-41H,6-7,24-25,27-28H2,1-5H3,(H,44,45)(H,46,47). The predicted molar refractivity (Wildman–Crippen MR) is 201 cm³/mol. The Bertz CT molecular complexity index is 1790. The van der Waals surface area contributed by atoms with Crippen molar-refractivity contribution in [3.63, 3.8) is 0 Å². The number of hydrogen-bond acceptors (Lipinski definition) is 6. The van der Waals surface area contributed by atoms with Crippen molar-refractivity contribution < 1.29 is 38.7 Å². The van der Waals surface area contributed by atoms with E-state index in [1.165, 1.54) is 0 Å². The Balaban J connectivity index is 1.27. The number of hydrogen-bond donors (Lipinski definition) is 2. The fourth-order valence-electron chi connectivity index (χ4n) is 5.57. The van der Waals surface area contributed by atoms with Crippen LogP contribution in [-0.4, -0.2) is 60.8 Å². The molecule has 8 nitrogen and oxygen atoms in total. The van der Waals surface area contributed by atoms with Crippen molar-refractivity contribution in [1.82, 2.24) is 0 Å². The van der Waals surface area contributed by atoms with Gasteiger partial charge in [0.05, 0.1) is 0 Å². The number of aryl methyl sites for hydroxylation is 1. The molecule has 0 amide bonds. The summed E-state index contributed by atoms with van der Waals surface area (Å²) in [6.07, 6.45) is 3.01. The van der Waals surface area contributed by atoms with Crippen LogP contribution in [0.5, 0.6) is 11.5 Å². The Hall–Kier alpha value is -5.18. The topological polar surface area (TPSA) is 112 Å². The molecule has 8 heteroatoms. The van der Waals surface area contributed by atoms with E-state index in [4.69, 9.17) is 18.9 Å². The van der Waals surface area contributed by atoms with Gasteiger partial charge in [-0.3, -0.25) is 0 Å². The van der Waals surface area contributed by atoms with Crippen LogP contribution in [0.25, 0.3) is 22.3 Å². The van der Waals surface area contributed by atoms with Crippen molar-refractivity contribution >= 4 is 23.1 Å². The summed E-state index contributed by atoms with van der Waals surface area (Å²) in [6.45, 7) is 11.2. The lowest BCUT2D eigenvalue weighted by Crippen LogP contribution is -2.26. The van der Waals surface area contributed by atoms with Crippen LogP contribution >= 0.6 is 0 Å². The SMILES string of the molecule is CCOC(Cc1ccc(OCC=C(C)c2ccc(-c3ccc(C(C)=CCOc4ccc(CC(OCC)C(=O)O)c(C)c4)cc3)cc2)cc1)C(=O)O. The second-order valence-electron chi connectivity index (χ2n) is 12.3. The highest BCUT2D eigenvalue weighted by atomic mass is 16.5. The lowest BCUT2D eigenvalue weighted by molar-refractivity contribution is -0.150. The minimum Gasteiger partial charge on any atom is -0.490 e. The van der Waals surface area contributed by atoms with Crippen molar-refractivity contribution in [3.8, 4) is 22.6 Å². The molecule has 0 bridgehead atoms. The summed E-state index contributed by atoms with van der Waals surface area (Å²) in [6, 6.07) is 30.1. The van der Waals surface area contributed by atoms with E-state index in [9.17, 15) is 19.8 Å². The number of carboxylic acid groups (broad SMARTS) is 2. The molecule has 2 atom stereocenters. The van der Waals surface area contributed by atoms with E-state index in [1.54, 1.807) is 13.8 Å². The quantitative estimate of drug-likeness (QED) is 0.100. The van der Waals surface area contributed by atoms with E-state index >= 15 is 0 Å². The number of carboxylic acids is 2. The van der Waals surface area contributed by atoms with Gasteiger partial charge in [0.15, 0.2) is 12.2 Å². The van der Waals surface area contributed by atoms with E-state index in [0.717, 1.165) is 61.6 Å². The van der Waals surface area contributed by atoms with Crippen molar-refractivity contribution in [1.29, 1.82) is 0 Å². The van der Waals surface area contributed by atoms with Crippen molar-refractivity contribution in [3.05, 3.63) is 131 Å². The highest BCUT2D eigenvalue weighted by Gasteiger charge is 2.19. The van der Waals surface area contributed by atoms with Crippen LogP contribution in [0.2, 0.25) is 0 Å². The minimum absolute atomic E-state index is 0.309. The number of rotatable bonds is 19. The van der Waals surface area contributed by atoms with Crippen molar-refractivity contribution in [2.75, 3.05) is 26.4 Å². The highest BCUT2D eigenvalue weighted by molar-refractivity contribution is 5.74. The summed E-state index contributed by atoms with van der Waals surface area (Å²) in [5.74, 6) is -0.469. The van der Waals surface area contributed by atoms with Gasteiger partial charge in [-0.15, -0.1) is 0 Å². The van der Waals surface area contributed by atoms with Gasteiger partial charge in [-0.25, -0.2) is 9.59 Å². The maximum absolute atomic E-state index is 11.5. The van der Waals surface area contributed by atoms with Crippen LogP contribution in [0.3, 0.4) is 0 Å². The fraction of sp³-hybridized carbons (Fsp3) is 0.302. The van der Waals surface area contributed by atoms with Crippen LogP contribution < -0.4 is 9.47 Å². The zero-order chi connectivity index (χ0) is 36.8. The smallest absolute Gasteiger partial charge is 0.333 e. The van der Waals surface area contributed by atoms with Crippen LogP contribution in [0.15, 0.2) is 103 Å². The third kappa shape index (κ3) is 11.7. The molecule has 0 radical (unpaired) electrons.